The molecule has 0 saturated heterocycles. The zero-order chi connectivity index (χ0) is 9.10. The predicted molar refractivity (Wildman–Crippen MR) is 57.5 cm³/mol. The first-order valence-corrected chi connectivity index (χ1v) is 4.59. The Morgan fingerprint density at radius 1 is 0.643 bits per heavy atom. The van der Waals surface area contributed by atoms with Crippen LogP contribution in [0.4, 0.5) is 0 Å². The molecule has 14 heavy (non-hydrogen) atoms. The minimum absolute atomic E-state index is 0. The van der Waals surface area contributed by atoms with Gasteiger partial charge in [0.2, 0.25) is 0 Å². The van der Waals surface area contributed by atoms with Crippen LogP contribution in [0.25, 0.3) is 11.1 Å². The monoisotopic (exact) mass is 208 g/mol. The van der Waals surface area contributed by atoms with Gasteiger partial charge in [0.05, 0.1) is 0 Å². The van der Waals surface area contributed by atoms with E-state index in [1.807, 2.05) is 30.3 Å². The fourth-order valence-electron chi connectivity index (χ4n) is 1.28. The summed E-state index contributed by atoms with van der Waals surface area (Å²) in [6.45, 7) is 0. The maximum absolute atomic E-state index is 5.02. The molecule has 0 aliphatic carbocycles. The molecular weight excluding hydrogens is 199 g/mol. The van der Waals surface area contributed by atoms with E-state index in [0.717, 1.165) is 4.90 Å². The maximum atomic E-state index is 5.02. The molecule has 0 N–H and O–H groups in total. The Hall–Kier alpha value is -0.340. The molecule has 0 amide bonds. The van der Waals surface area contributed by atoms with Gasteiger partial charge in [-0.1, -0.05) is 54.6 Å². The molecule has 0 spiro atoms. The Kier molecular flexibility index (Phi) is 4.63. The molecule has 64 valence electrons. The van der Waals surface area contributed by atoms with E-state index in [-0.39, 0.29) is 29.6 Å². The molecule has 0 bridgehead atoms. The maximum Gasteiger partial charge on any atom is 1.00 e. The standard InChI is InChI=1S/C12H10S.Na/c13-12-8-6-11(7-9-12)10-4-2-1-3-5-10;/h1-9,13H;/q;+1/p-1. The van der Waals surface area contributed by atoms with Crippen molar-refractivity contribution in [2.45, 2.75) is 4.90 Å². The zero-order valence-corrected chi connectivity index (χ0v) is 10.9. The van der Waals surface area contributed by atoms with E-state index < -0.39 is 0 Å². The van der Waals surface area contributed by atoms with Crippen LogP contribution >= 0.6 is 0 Å². The molecule has 0 unspecified atom stereocenters. The fraction of sp³-hybridized carbons (Fsp3) is 0. The van der Waals surface area contributed by atoms with E-state index in [1.165, 1.54) is 11.1 Å². The van der Waals surface area contributed by atoms with Gasteiger partial charge in [0.15, 0.2) is 0 Å². The normalized spacial score (nSPS) is 9.14. The van der Waals surface area contributed by atoms with Crippen molar-refractivity contribution in [3.8, 4) is 11.1 Å². The summed E-state index contributed by atoms with van der Waals surface area (Å²) in [5.74, 6) is 0. The van der Waals surface area contributed by atoms with Gasteiger partial charge in [0.25, 0.3) is 0 Å². The summed E-state index contributed by atoms with van der Waals surface area (Å²) in [7, 11) is 0. The van der Waals surface area contributed by atoms with E-state index in [0.29, 0.717) is 0 Å². The molecule has 0 fully saturated rings. The molecule has 0 saturated carbocycles. The van der Waals surface area contributed by atoms with Gasteiger partial charge in [0, 0.05) is 0 Å². The number of rotatable bonds is 1. The average Bonchev–Trinajstić information content (AvgIpc) is 2.20. The Morgan fingerprint density at radius 2 is 1.14 bits per heavy atom. The third-order valence-electron chi connectivity index (χ3n) is 1.96. The Labute approximate surface area is 112 Å². The molecule has 0 aromatic heterocycles. The van der Waals surface area contributed by atoms with Crippen LogP contribution in [0.15, 0.2) is 59.5 Å². The zero-order valence-electron chi connectivity index (χ0n) is 8.10. The van der Waals surface area contributed by atoms with Crippen molar-refractivity contribution in [3.63, 3.8) is 0 Å². The van der Waals surface area contributed by atoms with Crippen molar-refractivity contribution in [1.82, 2.24) is 0 Å². The smallest absolute Gasteiger partial charge is 0.780 e. The Morgan fingerprint density at radius 3 is 1.71 bits per heavy atom. The summed E-state index contributed by atoms with van der Waals surface area (Å²) < 4.78 is 0. The third-order valence-corrected chi connectivity index (χ3v) is 2.23. The van der Waals surface area contributed by atoms with Crippen molar-refractivity contribution in [2.75, 3.05) is 0 Å². The predicted octanol–water partition coefficient (Wildman–Crippen LogP) is 0.263. The average molecular weight is 208 g/mol. The van der Waals surface area contributed by atoms with Gasteiger partial charge in [-0.15, -0.1) is 0 Å². The molecule has 2 aromatic rings. The molecule has 0 aliphatic heterocycles. The second-order valence-corrected chi connectivity index (χ2v) is 3.36. The molecule has 0 aliphatic rings. The first kappa shape index (κ1) is 11.7. The van der Waals surface area contributed by atoms with Crippen LogP contribution in [0.3, 0.4) is 0 Å². The third kappa shape index (κ3) is 2.82. The summed E-state index contributed by atoms with van der Waals surface area (Å²) in [6, 6.07) is 18.3. The molecule has 2 aromatic carbocycles. The van der Waals surface area contributed by atoms with E-state index in [4.69, 9.17) is 12.6 Å². The number of hydrogen-bond donors (Lipinski definition) is 0. The summed E-state index contributed by atoms with van der Waals surface area (Å²) in [4.78, 5) is 0.889. The summed E-state index contributed by atoms with van der Waals surface area (Å²) in [6.07, 6.45) is 0. The Bertz CT molecular complexity index is 381. The summed E-state index contributed by atoms with van der Waals surface area (Å²) in [5.41, 5.74) is 2.45. The summed E-state index contributed by atoms with van der Waals surface area (Å²) >= 11 is 5.02. The first-order chi connectivity index (χ1) is 6.36. The van der Waals surface area contributed by atoms with Crippen LogP contribution < -0.4 is 29.6 Å². The van der Waals surface area contributed by atoms with E-state index in [2.05, 4.69) is 24.3 Å². The second kappa shape index (κ2) is 5.52. The number of benzene rings is 2. The van der Waals surface area contributed by atoms with Crippen LogP contribution in [-0.2, 0) is 12.6 Å². The van der Waals surface area contributed by atoms with Gasteiger partial charge in [0.1, 0.15) is 0 Å². The molecule has 2 heteroatoms. The van der Waals surface area contributed by atoms with Gasteiger partial charge >= 0.3 is 29.6 Å². The summed E-state index contributed by atoms with van der Waals surface area (Å²) in [5, 5.41) is 0. The van der Waals surface area contributed by atoms with Crippen molar-refractivity contribution < 1.29 is 29.6 Å². The van der Waals surface area contributed by atoms with Crippen LogP contribution in [0.2, 0.25) is 0 Å². The van der Waals surface area contributed by atoms with Crippen molar-refractivity contribution in [3.05, 3.63) is 54.6 Å². The van der Waals surface area contributed by atoms with Gasteiger partial charge < -0.3 is 12.6 Å². The fourth-order valence-corrected chi connectivity index (χ4v) is 1.41. The molecule has 0 atom stereocenters. The molecule has 0 nitrogen and oxygen atoms in total. The SMILES string of the molecule is [Na+].[S-]c1ccc(-c2ccccc2)cc1. The van der Waals surface area contributed by atoms with Crippen LogP contribution in [0.1, 0.15) is 0 Å². The molecule has 0 radical (unpaired) electrons. The van der Waals surface area contributed by atoms with Crippen molar-refractivity contribution in [1.29, 1.82) is 0 Å². The van der Waals surface area contributed by atoms with Crippen LogP contribution in [0.5, 0.6) is 0 Å². The van der Waals surface area contributed by atoms with Gasteiger partial charge in [-0.05, 0) is 11.1 Å². The minimum atomic E-state index is 0. The van der Waals surface area contributed by atoms with Crippen LogP contribution in [-0.4, -0.2) is 0 Å². The van der Waals surface area contributed by atoms with Crippen molar-refractivity contribution in [2.24, 2.45) is 0 Å². The molecule has 2 rings (SSSR count). The largest absolute Gasteiger partial charge is 1.00 e. The quantitative estimate of drug-likeness (QED) is 0.478. The number of hydrogen-bond acceptors (Lipinski definition) is 1. The van der Waals surface area contributed by atoms with Gasteiger partial charge in [-0.2, -0.15) is 4.90 Å². The minimum Gasteiger partial charge on any atom is -0.780 e. The van der Waals surface area contributed by atoms with Gasteiger partial charge in [-0.3, -0.25) is 0 Å². The topological polar surface area (TPSA) is 0 Å². The van der Waals surface area contributed by atoms with E-state index in [9.17, 15) is 0 Å². The Balaban J connectivity index is 0.000000980. The van der Waals surface area contributed by atoms with Crippen LogP contribution in [0, 0.1) is 0 Å². The van der Waals surface area contributed by atoms with E-state index in [1.54, 1.807) is 0 Å². The second-order valence-electron chi connectivity index (χ2n) is 2.89. The van der Waals surface area contributed by atoms with E-state index >= 15 is 0 Å². The van der Waals surface area contributed by atoms with Crippen molar-refractivity contribution >= 4 is 12.6 Å². The molecular formula is C12H9NaS. The first-order valence-electron chi connectivity index (χ1n) is 4.19. The molecule has 0 heterocycles. The van der Waals surface area contributed by atoms with Gasteiger partial charge in [-0.25, -0.2) is 0 Å².